The largest absolute Gasteiger partial charge is 0.357 e. The molecule has 1 rings (SSSR count). The van der Waals surface area contributed by atoms with Gasteiger partial charge in [-0.25, -0.2) is 4.39 Å². The monoisotopic (exact) mass is 281 g/mol. The second kappa shape index (κ2) is 7.85. The van der Waals surface area contributed by atoms with Crippen molar-refractivity contribution in [2.75, 3.05) is 18.0 Å². The van der Waals surface area contributed by atoms with E-state index in [1.54, 1.807) is 30.0 Å². The summed E-state index contributed by atoms with van der Waals surface area (Å²) < 4.78 is 13.9. The molecule has 112 valence electrons. The lowest BCUT2D eigenvalue weighted by Crippen LogP contribution is -2.48. The third kappa shape index (κ3) is 4.49. The van der Waals surface area contributed by atoms with Crippen LogP contribution in [0.3, 0.4) is 0 Å². The Bertz CT molecular complexity index is 437. The van der Waals surface area contributed by atoms with Gasteiger partial charge in [-0.05, 0) is 45.9 Å². The van der Waals surface area contributed by atoms with Crippen LogP contribution in [0.5, 0.6) is 0 Å². The van der Waals surface area contributed by atoms with Crippen molar-refractivity contribution in [3.63, 3.8) is 0 Å². The van der Waals surface area contributed by atoms with Gasteiger partial charge in [-0.3, -0.25) is 4.79 Å². The van der Waals surface area contributed by atoms with Crippen LogP contribution in [-0.4, -0.2) is 31.1 Å². The van der Waals surface area contributed by atoms with Gasteiger partial charge in [-0.1, -0.05) is 12.1 Å². The summed E-state index contributed by atoms with van der Waals surface area (Å²) >= 11 is 0. The number of nitrogens with two attached hydrogens (primary N) is 1. The van der Waals surface area contributed by atoms with E-state index in [0.717, 1.165) is 0 Å². The van der Waals surface area contributed by atoms with Crippen molar-refractivity contribution < 1.29 is 9.18 Å². The van der Waals surface area contributed by atoms with E-state index in [1.807, 2.05) is 13.8 Å². The molecule has 0 aliphatic rings. The van der Waals surface area contributed by atoms with E-state index in [9.17, 15) is 9.18 Å². The van der Waals surface area contributed by atoms with Crippen LogP contribution in [0.15, 0.2) is 24.3 Å². The molecule has 0 aliphatic heterocycles. The lowest BCUT2D eigenvalue weighted by Gasteiger charge is -2.31. The maximum absolute atomic E-state index is 13.9. The first kappa shape index (κ1) is 16.4. The Hall–Kier alpha value is -1.62. The number of halogens is 1. The Morgan fingerprint density at radius 1 is 1.35 bits per heavy atom. The first-order chi connectivity index (χ1) is 9.47. The highest BCUT2D eigenvalue weighted by Gasteiger charge is 2.23. The number of anilines is 1. The minimum absolute atomic E-state index is 0.0573. The molecule has 5 heteroatoms. The van der Waals surface area contributed by atoms with E-state index in [1.165, 1.54) is 6.07 Å². The molecular formula is C15H24FN3O. The Morgan fingerprint density at radius 2 is 2.00 bits per heavy atom. The van der Waals surface area contributed by atoms with Gasteiger partial charge >= 0.3 is 0 Å². The van der Waals surface area contributed by atoms with Crippen LogP contribution in [-0.2, 0) is 4.79 Å². The van der Waals surface area contributed by atoms with Crippen LogP contribution in [0.2, 0.25) is 0 Å². The topological polar surface area (TPSA) is 58.4 Å². The van der Waals surface area contributed by atoms with Crippen molar-refractivity contribution in [3.8, 4) is 0 Å². The molecule has 1 amide bonds. The third-order valence-electron chi connectivity index (χ3n) is 3.04. The van der Waals surface area contributed by atoms with Gasteiger partial charge in [0.05, 0.1) is 5.69 Å². The number of benzene rings is 1. The third-order valence-corrected chi connectivity index (χ3v) is 3.04. The number of hydrogen-bond acceptors (Lipinski definition) is 3. The quantitative estimate of drug-likeness (QED) is 0.802. The molecule has 0 aromatic heterocycles. The molecule has 1 aromatic rings. The fraction of sp³-hybridized carbons (Fsp3) is 0.533. The molecule has 3 N–H and O–H groups in total. The van der Waals surface area contributed by atoms with Crippen molar-refractivity contribution in [2.24, 2.45) is 5.73 Å². The van der Waals surface area contributed by atoms with Crippen molar-refractivity contribution in [3.05, 3.63) is 30.1 Å². The molecule has 20 heavy (non-hydrogen) atoms. The molecule has 1 unspecified atom stereocenters. The van der Waals surface area contributed by atoms with Gasteiger partial charge in [0.15, 0.2) is 0 Å². The average molecular weight is 281 g/mol. The summed E-state index contributed by atoms with van der Waals surface area (Å²) in [6.45, 7) is 6.63. The molecule has 0 saturated carbocycles. The number of carbonyl (C=O) groups excluding carboxylic acids is 1. The number of rotatable bonds is 7. The maximum Gasteiger partial charge on any atom is 0.242 e. The molecule has 0 bridgehead atoms. The SMILES string of the molecule is CC(C)NC(=O)C(C)N(CCCN)c1ccccc1F. The van der Waals surface area contributed by atoms with E-state index in [4.69, 9.17) is 5.73 Å². The predicted octanol–water partition coefficient (Wildman–Crippen LogP) is 1.89. The molecule has 1 atom stereocenters. The van der Waals surface area contributed by atoms with Crippen molar-refractivity contribution in [2.45, 2.75) is 39.3 Å². The van der Waals surface area contributed by atoms with Gasteiger partial charge in [-0.15, -0.1) is 0 Å². The van der Waals surface area contributed by atoms with E-state index >= 15 is 0 Å². The average Bonchev–Trinajstić information content (AvgIpc) is 2.40. The van der Waals surface area contributed by atoms with Crippen molar-refractivity contribution >= 4 is 11.6 Å². The van der Waals surface area contributed by atoms with Gasteiger partial charge in [0, 0.05) is 12.6 Å². The number of nitrogens with one attached hydrogen (secondary N) is 1. The highest BCUT2D eigenvalue weighted by molar-refractivity contribution is 5.85. The maximum atomic E-state index is 13.9. The molecule has 0 heterocycles. The summed E-state index contributed by atoms with van der Waals surface area (Å²) in [4.78, 5) is 13.9. The Labute approximate surface area is 120 Å². The summed E-state index contributed by atoms with van der Waals surface area (Å²) in [7, 11) is 0. The van der Waals surface area contributed by atoms with Crippen LogP contribution >= 0.6 is 0 Å². The molecule has 4 nitrogen and oxygen atoms in total. The van der Waals surface area contributed by atoms with Gasteiger partial charge < -0.3 is 16.0 Å². The zero-order valence-electron chi connectivity index (χ0n) is 12.4. The van der Waals surface area contributed by atoms with Crippen molar-refractivity contribution in [1.82, 2.24) is 5.32 Å². The fourth-order valence-corrected chi connectivity index (χ4v) is 2.02. The second-order valence-corrected chi connectivity index (χ2v) is 5.13. The molecule has 0 radical (unpaired) electrons. The minimum atomic E-state index is -0.444. The van der Waals surface area contributed by atoms with Crippen LogP contribution in [0.25, 0.3) is 0 Å². The summed E-state index contributed by atoms with van der Waals surface area (Å²) in [6.07, 6.45) is 0.702. The Kier molecular flexibility index (Phi) is 6.45. The zero-order valence-corrected chi connectivity index (χ0v) is 12.4. The molecular weight excluding hydrogens is 257 g/mol. The fourth-order valence-electron chi connectivity index (χ4n) is 2.02. The smallest absolute Gasteiger partial charge is 0.242 e. The minimum Gasteiger partial charge on any atom is -0.357 e. The zero-order chi connectivity index (χ0) is 15.1. The van der Waals surface area contributed by atoms with E-state index in [-0.39, 0.29) is 17.8 Å². The number of amides is 1. The second-order valence-electron chi connectivity index (χ2n) is 5.13. The molecule has 0 aliphatic carbocycles. The summed E-state index contributed by atoms with van der Waals surface area (Å²) in [5, 5.41) is 2.85. The van der Waals surface area contributed by atoms with Gasteiger partial charge in [0.25, 0.3) is 0 Å². The van der Waals surface area contributed by atoms with Crippen LogP contribution in [0.4, 0.5) is 10.1 Å². The summed E-state index contributed by atoms with van der Waals surface area (Å²) in [6, 6.07) is 6.10. The van der Waals surface area contributed by atoms with E-state index < -0.39 is 6.04 Å². The molecule has 0 saturated heterocycles. The normalized spacial score (nSPS) is 12.3. The summed E-state index contributed by atoms with van der Waals surface area (Å²) in [5.74, 6) is -0.436. The van der Waals surface area contributed by atoms with E-state index in [0.29, 0.717) is 25.2 Å². The first-order valence-electron chi connectivity index (χ1n) is 6.99. The molecule has 0 spiro atoms. The lowest BCUT2D eigenvalue weighted by atomic mass is 10.1. The van der Waals surface area contributed by atoms with Gasteiger partial charge in [-0.2, -0.15) is 0 Å². The van der Waals surface area contributed by atoms with E-state index in [2.05, 4.69) is 5.32 Å². The van der Waals surface area contributed by atoms with Gasteiger partial charge in [0.1, 0.15) is 11.9 Å². The highest BCUT2D eigenvalue weighted by Crippen LogP contribution is 2.21. The molecule has 0 fully saturated rings. The Morgan fingerprint density at radius 3 is 2.55 bits per heavy atom. The predicted molar refractivity (Wildman–Crippen MR) is 80.2 cm³/mol. The van der Waals surface area contributed by atoms with Crippen LogP contribution < -0.4 is 16.0 Å². The highest BCUT2D eigenvalue weighted by atomic mass is 19.1. The first-order valence-corrected chi connectivity index (χ1v) is 6.99. The van der Waals surface area contributed by atoms with Crippen LogP contribution in [0.1, 0.15) is 27.2 Å². The molecule has 1 aromatic carbocycles. The standard InChI is InChI=1S/C15H24FN3O/c1-11(2)18-15(20)12(3)19(10-6-9-17)14-8-5-4-7-13(14)16/h4-5,7-8,11-12H,6,9-10,17H2,1-3H3,(H,18,20). The van der Waals surface area contributed by atoms with Crippen molar-refractivity contribution in [1.29, 1.82) is 0 Å². The Balaban J connectivity index is 2.94. The number of hydrogen-bond donors (Lipinski definition) is 2. The summed E-state index contributed by atoms with van der Waals surface area (Å²) in [5.41, 5.74) is 5.97. The van der Waals surface area contributed by atoms with Gasteiger partial charge in [0.2, 0.25) is 5.91 Å². The lowest BCUT2D eigenvalue weighted by molar-refractivity contribution is -0.122. The number of carbonyl (C=O) groups is 1. The number of para-hydroxylation sites is 1. The number of nitrogens with zero attached hydrogens (tertiary/aromatic N) is 1. The van der Waals surface area contributed by atoms with Crippen LogP contribution in [0, 0.1) is 5.82 Å².